The number of nitrogens with zero attached hydrogens (tertiary/aromatic N) is 3. The highest BCUT2D eigenvalue weighted by molar-refractivity contribution is 5.46. The highest BCUT2D eigenvalue weighted by Gasteiger charge is 2.43. The summed E-state index contributed by atoms with van der Waals surface area (Å²) < 4.78 is 6.91. The summed E-state index contributed by atoms with van der Waals surface area (Å²) in [6.45, 7) is 3.03. The van der Waals surface area contributed by atoms with E-state index in [1.165, 1.54) is 0 Å². The lowest BCUT2D eigenvalue weighted by Crippen LogP contribution is -2.50. The average Bonchev–Trinajstić information content (AvgIpc) is 2.62. The van der Waals surface area contributed by atoms with E-state index in [4.69, 9.17) is 4.74 Å². The van der Waals surface area contributed by atoms with Gasteiger partial charge in [-0.15, -0.1) is 0 Å². The fourth-order valence-corrected chi connectivity index (χ4v) is 1.90. The zero-order valence-electron chi connectivity index (χ0n) is 9.05. The van der Waals surface area contributed by atoms with Crippen LogP contribution >= 0.6 is 0 Å². The van der Waals surface area contributed by atoms with E-state index in [9.17, 15) is 5.11 Å². The summed E-state index contributed by atoms with van der Waals surface area (Å²) in [6.07, 6.45) is 1.86. The van der Waals surface area contributed by atoms with Gasteiger partial charge in [0.05, 0.1) is 19.8 Å². The fraction of sp³-hybridized carbons (Fsp3) is 0.455. The van der Waals surface area contributed by atoms with Crippen LogP contribution in [0.5, 0.6) is 0 Å². The van der Waals surface area contributed by atoms with Crippen LogP contribution in [0.4, 0.5) is 0 Å². The molecule has 0 radical (unpaired) electrons. The maximum Gasteiger partial charge on any atom is 0.164 e. The van der Waals surface area contributed by atoms with Gasteiger partial charge in [-0.2, -0.15) is 5.10 Å². The van der Waals surface area contributed by atoms with Gasteiger partial charge in [0.25, 0.3) is 0 Å². The quantitative estimate of drug-likeness (QED) is 0.789. The van der Waals surface area contributed by atoms with Crippen molar-refractivity contribution in [2.45, 2.75) is 12.3 Å². The number of ether oxygens (including phenoxy) is 1. The lowest BCUT2D eigenvalue weighted by Gasteiger charge is -2.36. The van der Waals surface area contributed by atoms with Crippen LogP contribution in [0.1, 0.15) is 11.4 Å². The van der Waals surface area contributed by atoms with E-state index in [0.717, 1.165) is 11.2 Å². The van der Waals surface area contributed by atoms with Crippen molar-refractivity contribution in [1.82, 2.24) is 14.6 Å². The van der Waals surface area contributed by atoms with Crippen molar-refractivity contribution in [1.29, 1.82) is 0 Å². The van der Waals surface area contributed by atoms with E-state index >= 15 is 0 Å². The third kappa shape index (κ3) is 1.19. The van der Waals surface area contributed by atoms with Gasteiger partial charge in [0.2, 0.25) is 0 Å². The summed E-state index contributed by atoms with van der Waals surface area (Å²) in [5.74, 6) is 0.676. The van der Waals surface area contributed by atoms with Crippen LogP contribution in [-0.2, 0) is 10.2 Å². The molecule has 5 heteroatoms. The molecule has 2 aromatic rings. The lowest BCUT2D eigenvalue weighted by molar-refractivity contribution is -0.0882. The standard InChI is InChI=1S/C11H13N3O2/c1-8-3-2-4-14-9(8)12-10(13-14)11(5-15)6-16-7-11/h2-4,15H,5-7H2,1H3. The van der Waals surface area contributed by atoms with Gasteiger partial charge < -0.3 is 9.84 Å². The Balaban J connectivity index is 2.15. The summed E-state index contributed by atoms with van der Waals surface area (Å²) >= 11 is 0. The summed E-state index contributed by atoms with van der Waals surface area (Å²) in [5.41, 5.74) is 1.53. The molecule has 0 aromatic carbocycles. The molecule has 3 rings (SSSR count). The minimum absolute atomic E-state index is 0.0307. The molecule has 84 valence electrons. The number of rotatable bonds is 2. The van der Waals surface area contributed by atoms with Crippen LogP contribution in [0.2, 0.25) is 0 Å². The molecule has 0 unspecified atom stereocenters. The van der Waals surface area contributed by atoms with Crippen molar-refractivity contribution in [2.75, 3.05) is 19.8 Å². The highest BCUT2D eigenvalue weighted by Crippen LogP contribution is 2.29. The molecule has 1 N–H and O–H groups in total. The number of aliphatic hydroxyl groups is 1. The molecule has 0 bridgehead atoms. The van der Waals surface area contributed by atoms with Crippen LogP contribution in [0.15, 0.2) is 18.3 Å². The number of hydrogen-bond acceptors (Lipinski definition) is 4. The molecule has 0 spiro atoms. The van der Waals surface area contributed by atoms with Gasteiger partial charge in [-0.05, 0) is 18.6 Å². The second-order valence-electron chi connectivity index (χ2n) is 4.33. The van der Waals surface area contributed by atoms with E-state index in [0.29, 0.717) is 19.0 Å². The number of aromatic nitrogens is 3. The second kappa shape index (κ2) is 3.26. The number of aryl methyl sites for hydroxylation is 1. The minimum atomic E-state index is -0.390. The Bertz CT molecular complexity index is 525. The van der Waals surface area contributed by atoms with Gasteiger partial charge >= 0.3 is 0 Å². The molecule has 1 aliphatic heterocycles. The van der Waals surface area contributed by atoms with E-state index in [1.54, 1.807) is 4.52 Å². The molecular weight excluding hydrogens is 206 g/mol. The predicted octanol–water partition coefficient (Wildman–Crippen LogP) is 0.298. The Morgan fingerprint density at radius 2 is 2.38 bits per heavy atom. The summed E-state index contributed by atoms with van der Waals surface area (Å²) in [4.78, 5) is 4.49. The van der Waals surface area contributed by atoms with Crippen molar-refractivity contribution in [2.24, 2.45) is 0 Å². The van der Waals surface area contributed by atoms with Crippen molar-refractivity contribution >= 4 is 5.65 Å². The summed E-state index contributed by atoms with van der Waals surface area (Å²) in [7, 11) is 0. The van der Waals surface area contributed by atoms with Gasteiger partial charge in [-0.25, -0.2) is 9.50 Å². The van der Waals surface area contributed by atoms with Crippen molar-refractivity contribution in [3.05, 3.63) is 29.7 Å². The molecule has 3 heterocycles. The molecule has 5 nitrogen and oxygen atoms in total. The number of pyridine rings is 1. The van der Waals surface area contributed by atoms with Crippen molar-refractivity contribution in [3.63, 3.8) is 0 Å². The maximum absolute atomic E-state index is 9.42. The molecule has 0 saturated carbocycles. The number of hydrogen-bond donors (Lipinski definition) is 1. The Kier molecular flexibility index (Phi) is 1.99. The molecule has 0 atom stereocenters. The number of fused-ring (bicyclic) bond motifs is 1. The van der Waals surface area contributed by atoms with Crippen LogP contribution in [0.25, 0.3) is 5.65 Å². The average molecular weight is 219 g/mol. The van der Waals surface area contributed by atoms with E-state index in [-0.39, 0.29) is 6.61 Å². The molecule has 0 aliphatic carbocycles. The maximum atomic E-state index is 9.42. The summed E-state index contributed by atoms with van der Waals surface area (Å²) in [6, 6.07) is 3.93. The molecule has 1 saturated heterocycles. The van der Waals surface area contributed by atoms with E-state index in [2.05, 4.69) is 10.1 Å². The molecule has 16 heavy (non-hydrogen) atoms. The van der Waals surface area contributed by atoms with E-state index < -0.39 is 5.41 Å². The number of aliphatic hydroxyl groups excluding tert-OH is 1. The van der Waals surface area contributed by atoms with Gasteiger partial charge in [-0.3, -0.25) is 0 Å². The molecular formula is C11H13N3O2. The van der Waals surface area contributed by atoms with Crippen molar-refractivity contribution in [3.8, 4) is 0 Å². The van der Waals surface area contributed by atoms with Gasteiger partial charge in [0.15, 0.2) is 11.5 Å². The molecule has 0 amide bonds. The Labute approximate surface area is 92.7 Å². The third-order valence-corrected chi connectivity index (χ3v) is 3.09. The van der Waals surface area contributed by atoms with Crippen LogP contribution in [0, 0.1) is 6.92 Å². The fourth-order valence-electron chi connectivity index (χ4n) is 1.90. The first-order chi connectivity index (χ1) is 7.75. The monoisotopic (exact) mass is 219 g/mol. The van der Waals surface area contributed by atoms with Gasteiger partial charge in [0.1, 0.15) is 5.41 Å². The Hall–Kier alpha value is -1.46. The molecule has 2 aromatic heterocycles. The molecule has 1 fully saturated rings. The second-order valence-corrected chi connectivity index (χ2v) is 4.33. The first kappa shape index (κ1) is 9.74. The van der Waals surface area contributed by atoms with Crippen LogP contribution < -0.4 is 0 Å². The third-order valence-electron chi connectivity index (χ3n) is 3.09. The van der Waals surface area contributed by atoms with Gasteiger partial charge in [0, 0.05) is 6.20 Å². The Morgan fingerprint density at radius 3 is 2.94 bits per heavy atom. The van der Waals surface area contributed by atoms with Crippen LogP contribution in [-0.4, -0.2) is 39.5 Å². The predicted molar refractivity (Wildman–Crippen MR) is 57.3 cm³/mol. The van der Waals surface area contributed by atoms with Gasteiger partial charge in [-0.1, -0.05) is 6.07 Å². The largest absolute Gasteiger partial charge is 0.395 e. The van der Waals surface area contributed by atoms with Crippen LogP contribution in [0.3, 0.4) is 0 Å². The zero-order valence-corrected chi connectivity index (χ0v) is 9.05. The van der Waals surface area contributed by atoms with E-state index in [1.807, 2.05) is 25.3 Å². The first-order valence-electron chi connectivity index (χ1n) is 5.26. The molecule has 1 aliphatic rings. The highest BCUT2D eigenvalue weighted by atomic mass is 16.5. The SMILES string of the molecule is Cc1cccn2nc(C3(CO)COC3)nc12. The lowest BCUT2D eigenvalue weighted by atomic mass is 9.86. The smallest absolute Gasteiger partial charge is 0.164 e. The zero-order chi connectivity index (χ0) is 11.2. The Morgan fingerprint density at radius 1 is 1.56 bits per heavy atom. The minimum Gasteiger partial charge on any atom is -0.395 e. The normalized spacial score (nSPS) is 18.6. The first-order valence-corrected chi connectivity index (χ1v) is 5.26. The summed E-state index contributed by atoms with van der Waals surface area (Å²) in [5, 5.41) is 13.8. The topological polar surface area (TPSA) is 59.7 Å². The van der Waals surface area contributed by atoms with Crippen molar-refractivity contribution < 1.29 is 9.84 Å².